The van der Waals surface area contributed by atoms with E-state index in [-0.39, 0.29) is 63.3 Å². The molecule has 2 rings (SSSR count). The molecule has 1 atom stereocenters. The quantitative estimate of drug-likeness (QED) is 0.390. The smallest absolute Gasteiger partial charge is 0.748 e. The Balaban J connectivity index is 0.00000392. The summed E-state index contributed by atoms with van der Waals surface area (Å²) >= 11 is 0. The molecule has 1 heterocycles. The molecule has 0 amide bonds. The van der Waals surface area contributed by atoms with E-state index in [4.69, 9.17) is 4.74 Å². The van der Waals surface area contributed by atoms with Crippen molar-refractivity contribution in [1.82, 2.24) is 9.80 Å². The molecule has 9 heteroatoms. The van der Waals surface area contributed by atoms with Crippen molar-refractivity contribution in [3.8, 4) is 5.75 Å². The second-order valence-corrected chi connectivity index (χ2v) is 9.69. The molecule has 0 aliphatic carbocycles. The summed E-state index contributed by atoms with van der Waals surface area (Å²) < 4.78 is 37.7. The largest absolute Gasteiger partial charge is 1.00 e. The number of piperazine rings is 1. The second-order valence-electron chi connectivity index (χ2n) is 8.24. The third-order valence-electron chi connectivity index (χ3n) is 4.81. The maximum Gasteiger partial charge on any atom is 1.00 e. The summed E-state index contributed by atoms with van der Waals surface area (Å²) in [4.78, 5) is 4.34. The summed E-state index contributed by atoms with van der Waals surface area (Å²) in [5.74, 6) is 0.174. The zero-order valence-corrected chi connectivity index (χ0v) is 21.6. The van der Waals surface area contributed by atoms with Crippen molar-refractivity contribution < 1.29 is 74.2 Å². The zero-order chi connectivity index (χ0) is 20.2. The molecular weight excluding hydrogens is 407 g/mol. The van der Waals surface area contributed by atoms with E-state index in [0.29, 0.717) is 0 Å². The van der Waals surface area contributed by atoms with E-state index in [1.54, 1.807) is 7.11 Å². The van der Waals surface area contributed by atoms with E-state index in [9.17, 15) is 18.1 Å². The first kappa shape index (κ1) is 26.5. The van der Waals surface area contributed by atoms with E-state index in [1.165, 1.54) is 11.1 Å². The summed E-state index contributed by atoms with van der Waals surface area (Å²) in [5.41, 5.74) is 2.41. The van der Waals surface area contributed by atoms with Gasteiger partial charge in [0.05, 0.1) is 29.1 Å². The first-order valence-electron chi connectivity index (χ1n) is 9.21. The molecule has 0 aromatic heterocycles. The molecule has 1 N–H and O–H groups in total. The molecule has 1 aromatic carbocycles. The average Bonchev–Trinajstić information content (AvgIpc) is 2.54. The van der Waals surface area contributed by atoms with Crippen LogP contribution in [-0.2, 0) is 22.1 Å². The van der Waals surface area contributed by atoms with Gasteiger partial charge >= 0.3 is 51.4 Å². The number of aliphatic hydroxyl groups excluding tert-OH is 1. The van der Waals surface area contributed by atoms with E-state index in [2.05, 4.69) is 37.8 Å². The number of ether oxygens (including phenoxy) is 1. The van der Waals surface area contributed by atoms with Crippen LogP contribution in [-0.4, -0.2) is 79.6 Å². The summed E-state index contributed by atoms with van der Waals surface area (Å²) in [6.45, 7) is 10.7. The molecule has 1 fully saturated rings. The van der Waals surface area contributed by atoms with Crippen molar-refractivity contribution in [2.24, 2.45) is 0 Å². The van der Waals surface area contributed by atoms with Crippen LogP contribution in [0.2, 0.25) is 0 Å². The Hall–Kier alpha value is 0.446. The predicted octanol–water partition coefficient (Wildman–Crippen LogP) is -1.98. The number of β-amino-alcohol motifs (C(OH)–C–C–N with tert-alkyl or cyclic N) is 1. The molecule has 7 nitrogen and oxygen atoms in total. The fraction of sp³-hybridized carbons (Fsp3) is 0.684. The Kier molecular flexibility index (Phi) is 10.6. The monoisotopic (exact) mass is 438 g/mol. The van der Waals surface area contributed by atoms with Gasteiger partial charge in [0.15, 0.2) is 0 Å². The van der Waals surface area contributed by atoms with Crippen molar-refractivity contribution in [2.75, 3.05) is 45.6 Å². The summed E-state index contributed by atoms with van der Waals surface area (Å²) in [5, 5.41) is 9.75. The van der Waals surface area contributed by atoms with Gasteiger partial charge in [-0.2, -0.15) is 0 Å². The first-order valence-corrected chi connectivity index (χ1v) is 10.8. The molecule has 28 heavy (non-hydrogen) atoms. The first-order chi connectivity index (χ1) is 12.5. The van der Waals surface area contributed by atoms with Crippen LogP contribution in [0.15, 0.2) is 18.2 Å². The van der Waals surface area contributed by atoms with Crippen molar-refractivity contribution in [3.05, 3.63) is 29.3 Å². The van der Waals surface area contributed by atoms with Gasteiger partial charge in [-0.15, -0.1) is 0 Å². The van der Waals surface area contributed by atoms with E-state index in [0.717, 1.165) is 38.5 Å². The normalized spacial score (nSPS) is 17.8. The molecule has 1 aliphatic heterocycles. The fourth-order valence-electron chi connectivity index (χ4n) is 3.41. The number of hydrogen-bond donors (Lipinski definition) is 1. The van der Waals surface area contributed by atoms with Crippen molar-refractivity contribution in [2.45, 2.75) is 38.8 Å². The Bertz CT molecular complexity index is 728. The Labute approximate surface area is 211 Å². The molecular formula is C19H31KN2O5S. The molecule has 0 radical (unpaired) electrons. The van der Waals surface area contributed by atoms with Crippen LogP contribution < -0.4 is 56.1 Å². The standard InChI is InChI=1S/C19H32N2O5S.K/c1-19(2,3)17-11-15(5-6-18(17)26-4)12-20-7-9-21(10-8-20)13-16(22)14-27(23,24)25;/h5-6,11,16,22H,7-10,12-14H2,1-4H3,(H,23,24,25);/q;+1/p-1. The Morgan fingerprint density at radius 3 is 2.25 bits per heavy atom. The van der Waals surface area contributed by atoms with Gasteiger partial charge in [0.2, 0.25) is 0 Å². The van der Waals surface area contributed by atoms with Crippen LogP contribution in [0.25, 0.3) is 0 Å². The van der Waals surface area contributed by atoms with Crippen LogP contribution in [0.4, 0.5) is 0 Å². The van der Waals surface area contributed by atoms with E-state index in [1.807, 2.05) is 11.0 Å². The molecule has 0 spiro atoms. The summed E-state index contributed by atoms with van der Waals surface area (Å²) in [7, 11) is -2.70. The number of nitrogens with zero attached hydrogens (tertiary/aromatic N) is 2. The maximum atomic E-state index is 10.7. The van der Waals surface area contributed by atoms with Gasteiger partial charge < -0.3 is 14.4 Å². The van der Waals surface area contributed by atoms with Crippen LogP contribution in [0, 0.1) is 0 Å². The Morgan fingerprint density at radius 2 is 1.75 bits per heavy atom. The predicted molar refractivity (Wildman–Crippen MR) is 104 cm³/mol. The SMILES string of the molecule is COc1ccc(CN2CCN(CC(O)CS(=O)(=O)[O-])CC2)cc1C(C)(C)C.[K+]. The zero-order valence-electron chi connectivity index (χ0n) is 17.6. The van der Waals surface area contributed by atoms with Crippen LogP contribution in [0.3, 0.4) is 0 Å². The third kappa shape index (κ3) is 8.67. The number of rotatable bonds is 7. The van der Waals surface area contributed by atoms with Crippen molar-refractivity contribution >= 4 is 10.1 Å². The molecule has 1 aliphatic rings. The number of benzene rings is 1. The minimum atomic E-state index is -4.39. The van der Waals surface area contributed by atoms with E-state index < -0.39 is 22.0 Å². The molecule has 0 bridgehead atoms. The number of methoxy groups -OCH3 is 1. The average molecular weight is 439 g/mol. The molecule has 154 valence electrons. The van der Waals surface area contributed by atoms with Crippen LogP contribution in [0.5, 0.6) is 5.75 Å². The van der Waals surface area contributed by atoms with Crippen molar-refractivity contribution in [3.63, 3.8) is 0 Å². The third-order valence-corrected chi connectivity index (χ3v) is 5.60. The van der Waals surface area contributed by atoms with Gasteiger partial charge in [0, 0.05) is 39.3 Å². The second kappa shape index (κ2) is 11.2. The Morgan fingerprint density at radius 1 is 1.18 bits per heavy atom. The minimum Gasteiger partial charge on any atom is -0.748 e. The van der Waals surface area contributed by atoms with Crippen molar-refractivity contribution in [1.29, 1.82) is 0 Å². The van der Waals surface area contributed by atoms with Gasteiger partial charge in [-0.05, 0) is 22.6 Å². The van der Waals surface area contributed by atoms with Gasteiger partial charge in [-0.25, -0.2) is 8.42 Å². The minimum absolute atomic E-state index is 0. The molecule has 1 aromatic rings. The van der Waals surface area contributed by atoms with Gasteiger partial charge in [0.1, 0.15) is 5.75 Å². The van der Waals surface area contributed by atoms with E-state index >= 15 is 0 Å². The van der Waals surface area contributed by atoms with Crippen LogP contribution in [0.1, 0.15) is 31.9 Å². The number of aliphatic hydroxyl groups is 1. The fourth-order valence-corrected chi connectivity index (χ4v) is 3.99. The molecule has 1 unspecified atom stereocenters. The number of hydrogen-bond acceptors (Lipinski definition) is 7. The van der Waals surface area contributed by atoms with Gasteiger partial charge in [-0.1, -0.05) is 32.9 Å². The summed E-state index contributed by atoms with van der Waals surface area (Å²) in [6.07, 6.45) is -1.13. The maximum absolute atomic E-state index is 10.7. The topological polar surface area (TPSA) is 93.1 Å². The molecule has 1 saturated heterocycles. The van der Waals surface area contributed by atoms with Crippen LogP contribution >= 0.6 is 0 Å². The molecule has 0 saturated carbocycles. The van der Waals surface area contributed by atoms with Gasteiger partial charge in [-0.3, -0.25) is 9.80 Å². The van der Waals surface area contributed by atoms with Gasteiger partial charge in [0.25, 0.3) is 0 Å². The summed E-state index contributed by atoms with van der Waals surface area (Å²) in [6, 6.07) is 6.31.